The first-order chi connectivity index (χ1) is 14.1. The second-order valence-electron chi connectivity index (χ2n) is 6.59. The van der Waals surface area contributed by atoms with Crippen molar-refractivity contribution < 1.29 is 4.79 Å². The van der Waals surface area contributed by atoms with Crippen LogP contribution in [0.15, 0.2) is 88.8 Å². The van der Waals surface area contributed by atoms with Gasteiger partial charge in [-0.1, -0.05) is 59.8 Å². The Morgan fingerprint density at radius 1 is 0.966 bits per heavy atom. The maximum atomic E-state index is 13.1. The van der Waals surface area contributed by atoms with E-state index in [1.807, 2.05) is 79.7 Å². The highest BCUT2D eigenvalue weighted by Gasteiger charge is 2.14. The van der Waals surface area contributed by atoms with Crippen molar-refractivity contribution in [2.45, 2.75) is 12.1 Å². The van der Waals surface area contributed by atoms with Gasteiger partial charge in [-0.25, -0.2) is 4.98 Å². The number of carbonyl (C=O) groups is 1. The zero-order chi connectivity index (χ0) is 20.2. The second-order valence-corrected chi connectivity index (χ2v) is 7.53. The molecule has 1 amide bonds. The quantitative estimate of drug-likeness (QED) is 0.397. The predicted octanol–water partition coefficient (Wildman–Crippen LogP) is 4.42. The molecule has 4 rings (SSSR count). The highest BCUT2D eigenvalue weighted by molar-refractivity contribution is 7.99. The van der Waals surface area contributed by atoms with E-state index in [4.69, 9.17) is 0 Å². The predicted molar refractivity (Wildman–Crippen MR) is 118 cm³/mol. The molecule has 0 spiro atoms. The average molecular weight is 401 g/mol. The first-order valence-electron chi connectivity index (χ1n) is 9.18. The molecule has 5 nitrogen and oxygen atoms in total. The summed E-state index contributed by atoms with van der Waals surface area (Å²) >= 11 is 1.24. The average Bonchev–Trinajstić information content (AvgIpc) is 2.75. The maximum absolute atomic E-state index is 13.1. The highest BCUT2D eigenvalue weighted by Crippen LogP contribution is 2.21. The molecule has 0 saturated carbocycles. The molecule has 0 radical (unpaired) electrons. The van der Waals surface area contributed by atoms with Gasteiger partial charge in [0.05, 0.1) is 22.3 Å². The minimum absolute atomic E-state index is 0.144. The lowest BCUT2D eigenvalue weighted by Gasteiger charge is -2.13. The van der Waals surface area contributed by atoms with Gasteiger partial charge < -0.3 is 5.32 Å². The summed E-state index contributed by atoms with van der Waals surface area (Å²) < 4.78 is 1.56. The van der Waals surface area contributed by atoms with E-state index in [0.717, 1.165) is 16.9 Å². The maximum Gasteiger partial charge on any atom is 0.266 e. The number of nitrogens with one attached hydrogen (secondary N) is 1. The fraction of sp³-hybridized carbons (Fsp3) is 0.0870. The molecule has 6 heteroatoms. The Kier molecular flexibility index (Phi) is 5.44. The first-order valence-corrected chi connectivity index (χ1v) is 10.2. The van der Waals surface area contributed by atoms with Gasteiger partial charge in [-0.3, -0.25) is 14.2 Å². The van der Waals surface area contributed by atoms with Crippen molar-refractivity contribution in [2.75, 3.05) is 11.1 Å². The zero-order valence-electron chi connectivity index (χ0n) is 15.8. The number of carbonyl (C=O) groups excluding carboxylic acids is 1. The van der Waals surface area contributed by atoms with Crippen LogP contribution in [0.25, 0.3) is 16.6 Å². The van der Waals surface area contributed by atoms with E-state index in [0.29, 0.717) is 16.1 Å². The minimum atomic E-state index is -0.152. The van der Waals surface area contributed by atoms with Crippen molar-refractivity contribution in [2.24, 2.45) is 0 Å². The number of anilines is 1. The van der Waals surface area contributed by atoms with Crippen LogP contribution in [-0.4, -0.2) is 21.2 Å². The molecule has 1 N–H and O–H groups in total. The van der Waals surface area contributed by atoms with Crippen molar-refractivity contribution in [3.8, 4) is 5.69 Å². The van der Waals surface area contributed by atoms with Gasteiger partial charge in [0.15, 0.2) is 5.16 Å². The van der Waals surface area contributed by atoms with Gasteiger partial charge in [-0.05, 0) is 43.3 Å². The van der Waals surface area contributed by atoms with E-state index in [1.165, 1.54) is 11.8 Å². The van der Waals surface area contributed by atoms with Crippen molar-refractivity contribution in [1.29, 1.82) is 0 Å². The zero-order valence-corrected chi connectivity index (χ0v) is 16.6. The molecule has 0 aliphatic heterocycles. The van der Waals surface area contributed by atoms with Crippen LogP contribution in [-0.2, 0) is 4.79 Å². The number of rotatable bonds is 5. The molecule has 0 saturated heterocycles. The first kappa shape index (κ1) is 19.0. The number of para-hydroxylation sites is 2. The fourth-order valence-electron chi connectivity index (χ4n) is 2.98. The van der Waals surface area contributed by atoms with E-state index in [1.54, 1.807) is 10.6 Å². The standard InChI is InChI=1S/C23H19N3O2S/c1-16-11-13-17(14-12-16)24-21(27)15-29-23-25-20-10-6-5-9-19(20)22(28)26(23)18-7-3-2-4-8-18/h2-14H,15H2,1H3,(H,24,27). The number of hydrogen-bond acceptors (Lipinski definition) is 4. The molecule has 0 atom stereocenters. The van der Waals surface area contributed by atoms with Gasteiger partial charge in [-0.15, -0.1) is 0 Å². The van der Waals surface area contributed by atoms with E-state index in [9.17, 15) is 9.59 Å². The topological polar surface area (TPSA) is 64.0 Å². The van der Waals surface area contributed by atoms with Crippen LogP contribution in [0.4, 0.5) is 5.69 Å². The molecular formula is C23H19N3O2S. The minimum Gasteiger partial charge on any atom is -0.325 e. The summed E-state index contributed by atoms with van der Waals surface area (Å²) in [6, 6.07) is 24.2. The number of hydrogen-bond donors (Lipinski definition) is 1. The number of nitrogens with zero attached hydrogens (tertiary/aromatic N) is 2. The number of thioether (sulfide) groups is 1. The molecular weight excluding hydrogens is 382 g/mol. The largest absolute Gasteiger partial charge is 0.325 e. The molecule has 29 heavy (non-hydrogen) atoms. The number of benzene rings is 3. The summed E-state index contributed by atoms with van der Waals surface area (Å²) in [7, 11) is 0. The van der Waals surface area contributed by atoms with Crippen LogP contribution in [0.2, 0.25) is 0 Å². The Morgan fingerprint density at radius 3 is 2.41 bits per heavy atom. The lowest BCUT2D eigenvalue weighted by molar-refractivity contribution is -0.113. The highest BCUT2D eigenvalue weighted by atomic mass is 32.2. The summed E-state index contributed by atoms with van der Waals surface area (Å²) in [4.78, 5) is 30.2. The third-order valence-corrected chi connectivity index (χ3v) is 5.37. The molecule has 0 aliphatic rings. The third-order valence-electron chi connectivity index (χ3n) is 4.43. The Bertz CT molecular complexity index is 1220. The number of fused-ring (bicyclic) bond motifs is 1. The molecule has 1 heterocycles. The van der Waals surface area contributed by atoms with E-state index in [2.05, 4.69) is 10.3 Å². The Balaban J connectivity index is 1.64. The molecule has 1 aromatic heterocycles. The van der Waals surface area contributed by atoms with Crippen LogP contribution in [0.1, 0.15) is 5.56 Å². The lowest BCUT2D eigenvalue weighted by Crippen LogP contribution is -2.22. The fourth-order valence-corrected chi connectivity index (χ4v) is 3.79. The van der Waals surface area contributed by atoms with Crippen molar-refractivity contribution in [1.82, 2.24) is 9.55 Å². The third kappa shape index (κ3) is 4.22. The van der Waals surface area contributed by atoms with Gasteiger partial charge in [0, 0.05) is 5.69 Å². The van der Waals surface area contributed by atoms with Crippen molar-refractivity contribution in [3.05, 3.63) is 94.8 Å². The van der Waals surface area contributed by atoms with Gasteiger partial charge >= 0.3 is 0 Å². The summed E-state index contributed by atoms with van der Waals surface area (Å²) in [5.74, 6) is -0.00763. The van der Waals surface area contributed by atoms with Crippen LogP contribution < -0.4 is 10.9 Å². The molecule has 3 aromatic carbocycles. The van der Waals surface area contributed by atoms with Gasteiger partial charge in [-0.2, -0.15) is 0 Å². The molecule has 0 bridgehead atoms. The van der Waals surface area contributed by atoms with Crippen LogP contribution in [0, 0.1) is 6.92 Å². The normalized spacial score (nSPS) is 10.8. The van der Waals surface area contributed by atoms with E-state index >= 15 is 0 Å². The number of amides is 1. The Hall–Kier alpha value is -3.38. The SMILES string of the molecule is Cc1ccc(NC(=O)CSc2nc3ccccc3c(=O)n2-c2ccccc2)cc1. The monoisotopic (exact) mass is 401 g/mol. The van der Waals surface area contributed by atoms with E-state index in [-0.39, 0.29) is 17.2 Å². The summed E-state index contributed by atoms with van der Waals surface area (Å²) in [6.07, 6.45) is 0. The summed E-state index contributed by atoms with van der Waals surface area (Å²) in [6.45, 7) is 2.00. The summed E-state index contributed by atoms with van der Waals surface area (Å²) in [5.41, 5.74) is 3.06. The number of aromatic nitrogens is 2. The van der Waals surface area contributed by atoms with Gasteiger partial charge in [0.1, 0.15) is 0 Å². The molecule has 0 aliphatic carbocycles. The van der Waals surface area contributed by atoms with E-state index < -0.39 is 0 Å². The lowest BCUT2D eigenvalue weighted by atomic mass is 10.2. The second kappa shape index (κ2) is 8.32. The number of aryl methyl sites for hydroxylation is 1. The van der Waals surface area contributed by atoms with Crippen molar-refractivity contribution >= 4 is 34.3 Å². The Morgan fingerprint density at radius 2 is 1.66 bits per heavy atom. The molecule has 0 unspecified atom stereocenters. The summed E-state index contributed by atoms with van der Waals surface area (Å²) in [5, 5.41) is 3.91. The van der Waals surface area contributed by atoms with Gasteiger partial charge in [0.2, 0.25) is 5.91 Å². The van der Waals surface area contributed by atoms with Crippen LogP contribution in [0.5, 0.6) is 0 Å². The van der Waals surface area contributed by atoms with Crippen LogP contribution in [0.3, 0.4) is 0 Å². The smallest absolute Gasteiger partial charge is 0.266 e. The molecule has 4 aromatic rings. The van der Waals surface area contributed by atoms with Gasteiger partial charge in [0.25, 0.3) is 5.56 Å². The Labute approximate surface area is 172 Å². The van der Waals surface area contributed by atoms with Crippen molar-refractivity contribution in [3.63, 3.8) is 0 Å². The van der Waals surface area contributed by atoms with Crippen LogP contribution >= 0.6 is 11.8 Å². The molecule has 0 fully saturated rings. The molecule has 144 valence electrons.